The van der Waals surface area contributed by atoms with Crippen LogP contribution in [0.2, 0.25) is 0 Å². The Bertz CT molecular complexity index is 718. The van der Waals surface area contributed by atoms with Crippen LogP contribution in [0.25, 0.3) is 0 Å². The molecule has 0 fully saturated rings. The molecule has 2 aromatic rings. The molecule has 0 spiro atoms. The predicted octanol–water partition coefficient (Wildman–Crippen LogP) is 6.05. The molecule has 1 N–H and O–H groups in total. The van der Waals surface area contributed by atoms with Crippen LogP contribution in [-0.2, 0) is 6.18 Å². The normalized spacial score (nSPS) is 13.6. The number of alkyl halides is 3. The molecule has 0 heterocycles. The molecule has 0 aromatic heterocycles. The molecular formula is C22H28F3NO. The van der Waals surface area contributed by atoms with E-state index in [-0.39, 0.29) is 11.7 Å². The predicted molar refractivity (Wildman–Crippen MR) is 103 cm³/mol. The lowest BCUT2D eigenvalue weighted by Gasteiger charge is -2.32. The number of hydrogen-bond acceptors (Lipinski definition) is 2. The zero-order chi connectivity index (χ0) is 20.2. The fourth-order valence-corrected chi connectivity index (χ4v) is 3.59. The van der Waals surface area contributed by atoms with Gasteiger partial charge in [-0.1, -0.05) is 30.3 Å². The second-order valence-corrected chi connectivity index (χ2v) is 7.45. The third kappa shape index (κ3) is 5.48. The van der Waals surface area contributed by atoms with E-state index in [1.807, 2.05) is 30.3 Å². The van der Waals surface area contributed by atoms with Crippen molar-refractivity contribution in [3.05, 3.63) is 65.2 Å². The van der Waals surface area contributed by atoms with Crippen molar-refractivity contribution in [3.8, 4) is 5.75 Å². The minimum absolute atomic E-state index is 0.0995. The molecule has 0 amide bonds. The summed E-state index contributed by atoms with van der Waals surface area (Å²) in [5.41, 5.74) is 0.490. The topological polar surface area (TPSA) is 23.5 Å². The Balaban J connectivity index is 2.42. The van der Waals surface area contributed by atoms with Gasteiger partial charge < -0.3 is 5.11 Å². The van der Waals surface area contributed by atoms with Gasteiger partial charge in [0.1, 0.15) is 5.75 Å². The number of nitrogens with zero attached hydrogens (tertiary/aromatic N) is 1. The summed E-state index contributed by atoms with van der Waals surface area (Å²) >= 11 is 0. The van der Waals surface area contributed by atoms with Crippen LogP contribution in [0.3, 0.4) is 0 Å². The summed E-state index contributed by atoms with van der Waals surface area (Å²) in [6, 6.07) is 13.2. The Morgan fingerprint density at radius 1 is 0.926 bits per heavy atom. The van der Waals surface area contributed by atoms with Crippen LogP contribution in [0.5, 0.6) is 5.75 Å². The van der Waals surface area contributed by atoms with Crippen molar-refractivity contribution in [1.82, 2.24) is 4.90 Å². The van der Waals surface area contributed by atoms with Crippen molar-refractivity contribution in [2.75, 3.05) is 6.54 Å². The highest BCUT2D eigenvalue weighted by atomic mass is 19.4. The molecule has 0 aliphatic rings. The van der Waals surface area contributed by atoms with Crippen LogP contribution in [0.1, 0.15) is 56.7 Å². The van der Waals surface area contributed by atoms with Crippen LogP contribution in [0.4, 0.5) is 13.2 Å². The molecule has 27 heavy (non-hydrogen) atoms. The van der Waals surface area contributed by atoms with E-state index in [2.05, 4.69) is 32.6 Å². The van der Waals surface area contributed by atoms with E-state index in [0.29, 0.717) is 24.1 Å². The highest BCUT2D eigenvalue weighted by Gasteiger charge is 2.32. The van der Waals surface area contributed by atoms with Crippen molar-refractivity contribution < 1.29 is 18.3 Å². The van der Waals surface area contributed by atoms with Crippen LogP contribution < -0.4 is 0 Å². The van der Waals surface area contributed by atoms with E-state index >= 15 is 0 Å². The van der Waals surface area contributed by atoms with Crippen LogP contribution in [-0.4, -0.2) is 28.6 Å². The molecule has 2 rings (SSSR count). The summed E-state index contributed by atoms with van der Waals surface area (Å²) < 4.78 is 39.6. The molecule has 0 bridgehead atoms. The molecule has 1 atom stereocenters. The quantitative estimate of drug-likeness (QED) is 0.633. The van der Waals surface area contributed by atoms with Gasteiger partial charge in [-0.2, -0.15) is 13.2 Å². The Morgan fingerprint density at radius 2 is 1.52 bits per heavy atom. The second kappa shape index (κ2) is 8.79. The molecule has 5 heteroatoms. The van der Waals surface area contributed by atoms with Crippen LogP contribution in [0, 0.1) is 0 Å². The third-order valence-corrected chi connectivity index (χ3v) is 4.93. The largest absolute Gasteiger partial charge is 0.508 e. The van der Waals surface area contributed by atoms with Gasteiger partial charge in [0.05, 0.1) is 5.56 Å². The number of phenolic OH excluding ortho intramolecular Hbond substituents is 1. The van der Waals surface area contributed by atoms with Crippen molar-refractivity contribution in [2.45, 2.75) is 58.3 Å². The van der Waals surface area contributed by atoms with Crippen molar-refractivity contribution in [2.24, 2.45) is 0 Å². The lowest BCUT2D eigenvalue weighted by atomic mass is 9.86. The van der Waals surface area contributed by atoms with Gasteiger partial charge in [-0.3, -0.25) is 4.90 Å². The summed E-state index contributed by atoms with van der Waals surface area (Å²) in [7, 11) is 0. The first-order valence-corrected chi connectivity index (χ1v) is 9.32. The van der Waals surface area contributed by atoms with Gasteiger partial charge in [-0.05, 0) is 64.4 Å². The molecule has 0 radical (unpaired) electrons. The van der Waals surface area contributed by atoms with Crippen molar-refractivity contribution >= 4 is 0 Å². The maximum Gasteiger partial charge on any atom is 0.416 e. The Morgan fingerprint density at radius 3 is 2.04 bits per heavy atom. The van der Waals surface area contributed by atoms with Gasteiger partial charge >= 0.3 is 6.18 Å². The molecule has 2 nitrogen and oxygen atoms in total. The Kier molecular flexibility index (Phi) is 6.93. The summed E-state index contributed by atoms with van der Waals surface area (Å²) in [4.78, 5) is 2.31. The molecule has 0 saturated carbocycles. The highest BCUT2D eigenvalue weighted by Crippen LogP contribution is 2.38. The maximum absolute atomic E-state index is 13.2. The third-order valence-electron chi connectivity index (χ3n) is 4.93. The summed E-state index contributed by atoms with van der Waals surface area (Å²) in [6.45, 7) is 9.17. The van der Waals surface area contributed by atoms with Gasteiger partial charge in [0, 0.05) is 23.6 Å². The van der Waals surface area contributed by atoms with Crippen LogP contribution >= 0.6 is 0 Å². The average molecular weight is 379 g/mol. The second-order valence-electron chi connectivity index (χ2n) is 7.45. The summed E-state index contributed by atoms with van der Waals surface area (Å²) in [5, 5.41) is 10.3. The molecule has 0 saturated heterocycles. The van der Waals surface area contributed by atoms with Gasteiger partial charge in [0.25, 0.3) is 0 Å². The average Bonchev–Trinajstić information content (AvgIpc) is 2.58. The number of rotatable bonds is 7. The molecule has 1 unspecified atom stereocenters. The van der Waals surface area contributed by atoms with Gasteiger partial charge in [0.2, 0.25) is 0 Å². The van der Waals surface area contributed by atoms with Crippen LogP contribution in [0.15, 0.2) is 48.5 Å². The number of hydrogen-bond donors (Lipinski definition) is 1. The van der Waals surface area contributed by atoms with Gasteiger partial charge in [0.15, 0.2) is 0 Å². The number of benzene rings is 2. The van der Waals surface area contributed by atoms with E-state index in [1.54, 1.807) is 0 Å². The molecule has 0 aliphatic heterocycles. The first-order chi connectivity index (χ1) is 12.6. The minimum Gasteiger partial charge on any atom is -0.508 e. The number of phenols is 1. The van der Waals surface area contributed by atoms with E-state index in [1.165, 1.54) is 0 Å². The molecule has 148 valence electrons. The highest BCUT2D eigenvalue weighted by molar-refractivity contribution is 5.44. The van der Waals surface area contributed by atoms with Gasteiger partial charge in [-0.25, -0.2) is 0 Å². The summed E-state index contributed by atoms with van der Waals surface area (Å²) in [5.74, 6) is -0.411. The number of halogens is 3. The van der Waals surface area contributed by atoms with E-state index in [9.17, 15) is 18.3 Å². The fraction of sp³-hybridized carbons (Fsp3) is 0.455. The molecule has 2 aromatic carbocycles. The molecule has 0 aliphatic carbocycles. The van der Waals surface area contributed by atoms with Crippen molar-refractivity contribution in [1.29, 1.82) is 0 Å². The summed E-state index contributed by atoms with van der Waals surface area (Å²) in [6.07, 6.45) is -3.82. The fourth-order valence-electron chi connectivity index (χ4n) is 3.59. The lowest BCUT2D eigenvalue weighted by Crippen LogP contribution is -2.38. The zero-order valence-corrected chi connectivity index (χ0v) is 16.3. The molecular weight excluding hydrogens is 351 g/mol. The first-order valence-electron chi connectivity index (χ1n) is 9.32. The van der Waals surface area contributed by atoms with Gasteiger partial charge in [-0.15, -0.1) is 0 Å². The minimum atomic E-state index is -4.44. The van der Waals surface area contributed by atoms with Crippen molar-refractivity contribution in [3.63, 3.8) is 0 Å². The maximum atomic E-state index is 13.2. The van der Waals surface area contributed by atoms with E-state index in [0.717, 1.165) is 30.3 Å². The number of aromatic hydroxyl groups is 1. The monoisotopic (exact) mass is 379 g/mol. The lowest BCUT2D eigenvalue weighted by molar-refractivity contribution is -0.137. The van der Waals surface area contributed by atoms with E-state index in [4.69, 9.17) is 0 Å². The SMILES string of the molecule is CC(C)N(CCC(c1ccccc1)c1cc(C(F)(F)F)ccc1O)C(C)C. The Hall–Kier alpha value is -2.01. The smallest absolute Gasteiger partial charge is 0.416 e. The first kappa shape index (κ1) is 21.3. The van der Waals surface area contributed by atoms with E-state index < -0.39 is 11.7 Å². The zero-order valence-electron chi connectivity index (χ0n) is 16.3. The standard InChI is InChI=1S/C22H28F3NO/c1-15(2)26(16(3)4)13-12-19(17-8-6-5-7-9-17)20-14-18(22(23,24)25)10-11-21(20)27/h5-11,14-16,19,27H,12-13H2,1-4H3. The Labute approximate surface area is 159 Å².